The maximum atomic E-state index is 10.4. The molecule has 0 aromatic carbocycles. The van der Waals surface area contributed by atoms with Gasteiger partial charge in [0.15, 0.2) is 0 Å². The minimum atomic E-state index is -0.199. The quantitative estimate of drug-likeness (QED) is 0.491. The van der Waals surface area contributed by atoms with Crippen molar-refractivity contribution in [3.8, 4) is 0 Å². The van der Waals surface area contributed by atoms with E-state index in [2.05, 4.69) is 4.84 Å². The van der Waals surface area contributed by atoms with Crippen LogP contribution in [0.2, 0.25) is 0 Å². The third kappa shape index (κ3) is 3.61. The van der Waals surface area contributed by atoms with Crippen molar-refractivity contribution in [2.45, 2.75) is 13.3 Å². The van der Waals surface area contributed by atoms with Crippen LogP contribution in [0.4, 0.5) is 0 Å². The van der Waals surface area contributed by atoms with Gasteiger partial charge in [0.25, 0.3) is 0 Å². The summed E-state index contributed by atoms with van der Waals surface area (Å²) >= 11 is 0. The second kappa shape index (κ2) is 3.43. The van der Waals surface area contributed by atoms with Gasteiger partial charge in [-0.2, -0.15) is 0 Å². The summed E-state index contributed by atoms with van der Waals surface area (Å²) in [6.07, 6.45) is 0.429. The van der Waals surface area contributed by atoms with Crippen LogP contribution in [-0.2, 0) is 9.63 Å². The largest absolute Gasteiger partial charge is 0.369 e. The monoisotopic (exact) mass is 117 g/mol. The third-order valence-electron chi connectivity index (χ3n) is 0.573. The Labute approximate surface area is 49.2 Å². The third-order valence-corrected chi connectivity index (χ3v) is 0.573. The first kappa shape index (κ1) is 7.43. The molecule has 0 heterocycles. The van der Waals surface area contributed by atoms with Gasteiger partial charge in [-0.1, -0.05) is 6.92 Å². The normalized spacial score (nSPS) is 9.50. The van der Waals surface area contributed by atoms with Gasteiger partial charge >= 0.3 is 5.97 Å². The maximum absolute atomic E-state index is 10.4. The number of nitrogens with zero attached hydrogens (tertiary/aromatic N) is 1. The lowest BCUT2D eigenvalue weighted by molar-refractivity contribution is -0.177. The first-order valence-corrected chi connectivity index (χ1v) is 2.55. The minimum Gasteiger partial charge on any atom is -0.369 e. The van der Waals surface area contributed by atoms with E-state index in [-0.39, 0.29) is 5.97 Å². The van der Waals surface area contributed by atoms with Crippen LogP contribution in [0.15, 0.2) is 0 Å². The van der Waals surface area contributed by atoms with Crippen molar-refractivity contribution in [3.63, 3.8) is 0 Å². The van der Waals surface area contributed by atoms with Crippen LogP contribution in [0.3, 0.4) is 0 Å². The van der Waals surface area contributed by atoms with Crippen molar-refractivity contribution in [2.24, 2.45) is 0 Å². The Bertz CT molecular complexity index is 80.5. The molecule has 0 unspecified atom stereocenters. The summed E-state index contributed by atoms with van der Waals surface area (Å²) < 4.78 is 0. The first-order chi connectivity index (χ1) is 3.66. The molecule has 0 atom stereocenters. The molecular formula is C5H11NO2. The zero-order valence-electron chi connectivity index (χ0n) is 5.47. The highest BCUT2D eigenvalue weighted by molar-refractivity contribution is 5.68. The van der Waals surface area contributed by atoms with Crippen molar-refractivity contribution in [3.05, 3.63) is 0 Å². The number of rotatable bonds is 2. The molecule has 0 aliphatic rings. The molecule has 0 saturated carbocycles. The van der Waals surface area contributed by atoms with Crippen LogP contribution in [0.1, 0.15) is 13.3 Å². The SMILES string of the molecule is CCC(=O)ON(C)C. The molecule has 0 bridgehead atoms. The van der Waals surface area contributed by atoms with Crippen LogP contribution in [0.5, 0.6) is 0 Å². The fourth-order valence-electron chi connectivity index (χ4n) is 0.268. The predicted octanol–water partition coefficient (Wildman–Crippen LogP) is 0.416. The van der Waals surface area contributed by atoms with Crippen molar-refractivity contribution in [2.75, 3.05) is 14.1 Å². The topological polar surface area (TPSA) is 29.5 Å². The molecule has 0 amide bonds. The molecule has 0 aliphatic carbocycles. The summed E-state index contributed by atoms with van der Waals surface area (Å²) in [5.74, 6) is -0.199. The molecule has 3 nitrogen and oxygen atoms in total. The molecule has 0 spiro atoms. The Kier molecular flexibility index (Phi) is 3.19. The first-order valence-electron chi connectivity index (χ1n) is 2.55. The maximum Gasteiger partial charge on any atom is 0.324 e. The van der Waals surface area contributed by atoms with E-state index < -0.39 is 0 Å². The van der Waals surface area contributed by atoms with Crippen molar-refractivity contribution < 1.29 is 9.63 Å². The average Bonchev–Trinajstić information content (AvgIpc) is 1.65. The molecule has 0 rings (SSSR count). The molecule has 0 aliphatic heterocycles. The molecule has 0 N–H and O–H groups in total. The van der Waals surface area contributed by atoms with Crippen molar-refractivity contribution >= 4 is 5.97 Å². The molecular weight excluding hydrogens is 106 g/mol. The fourth-order valence-corrected chi connectivity index (χ4v) is 0.268. The molecule has 0 radical (unpaired) electrons. The van der Waals surface area contributed by atoms with Gasteiger partial charge in [-0.05, 0) is 0 Å². The molecule has 0 fully saturated rings. The molecule has 8 heavy (non-hydrogen) atoms. The van der Waals surface area contributed by atoms with Crippen LogP contribution in [0, 0.1) is 0 Å². The summed E-state index contributed by atoms with van der Waals surface area (Å²) in [7, 11) is 3.35. The van der Waals surface area contributed by atoms with Gasteiger partial charge in [0.05, 0.1) is 0 Å². The zero-order valence-corrected chi connectivity index (χ0v) is 5.47. The highest BCUT2D eigenvalue weighted by Gasteiger charge is 1.97. The fraction of sp³-hybridized carbons (Fsp3) is 0.800. The van der Waals surface area contributed by atoms with Crippen LogP contribution in [-0.4, -0.2) is 25.1 Å². The number of hydrogen-bond acceptors (Lipinski definition) is 3. The summed E-state index contributed by atoms with van der Waals surface area (Å²) in [4.78, 5) is 15.0. The van der Waals surface area contributed by atoms with E-state index in [1.54, 1.807) is 21.0 Å². The second-order valence-electron chi connectivity index (χ2n) is 1.63. The summed E-state index contributed by atoms with van der Waals surface area (Å²) in [6.45, 7) is 1.76. The van der Waals surface area contributed by atoms with Gasteiger partial charge in [0, 0.05) is 20.5 Å². The number of carbonyl (C=O) groups is 1. The minimum absolute atomic E-state index is 0.199. The molecule has 0 aromatic heterocycles. The summed E-state index contributed by atoms with van der Waals surface area (Å²) in [6, 6.07) is 0. The van der Waals surface area contributed by atoms with Crippen LogP contribution >= 0.6 is 0 Å². The predicted molar refractivity (Wildman–Crippen MR) is 30.1 cm³/mol. The smallest absolute Gasteiger partial charge is 0.324 e. The van der Waals surface area contributed by atoms with E-state index in [1.165, 1.54) is 5.06 Å². The average molecular weight is 117 g/mol. The lowest BCUT2D eigenvalue weighted by atomic mass is 10.5. The lowest BCUT2D eigenvalue weighted by Gasteiger charge is -2.07. The Morgan fingerprint density at radius 2 is 2.12 bits per heavy atom. The van der Waals surface area contributed by atoms with E-state index in [9.17, 15) is 4.79 Å². The van der Waals surface area contributed by atoms with Crippen LogP contribution < -0.4 is 0 Å². The van der Waals surface area contributed by atoms with E-state index in [0.29, 0.717) is 6.42 Å². The number of carbonyl (C=O) groups excluding carboxylic acids is 1. The number of hydroxylamine groups is 2. The van der Waals surface area contributed by atoms with E-state index in [4.69, 9.17) is 0 Å². The van der Waals surface area contributed by atoms with Crippen LogP contribution in [0.25, 0.3) is 0 Å². The Morgan fingerprint density at radius 3 is 2.25 bits per heavy atom. The lowest BCUT2D eigenvalue weighted by Crippen LogP contribution is -2.17. The highest BCUT2D eigenvalue weighted by atomic mass is 16.7. The molecule has 3 heteroatoms. The van der Waals surface area contributed by atoms with Crippen molar-refractivity contribution in [1.29, 1.82) is 0 Å². The van der Waals surface area contributed by atoms with E-state index in [1.807, 2.05) is 0 Å². The second-order valence-corrected chi connectivity index (χ2v) is 1.63. The van der Waals surface area contributed by atoms with Crippen molar-refractivity contribution in [1.82, 2.24) is 5.06 Å². The van der Waals surface area contributed by atoms with Gasteiger partial charge in [0.2, 0.25) is 0 Å². The molecule has 0 aromatic rings. The van der Waals surface area contributed by atoms with Gasteiger partial charge in [0.1, 0.15) is 0 Å². The molecule has 48 valence electrons. The number of hydrogen-bond donors (Lipinski definition) is 0. The Hall–Kier alpha value is -0.570. The summed E-state index contributed by atoms with van der Waals surface area (Å²) in [5.41, 5.74) is 0. The molecule has 0 saturated heterocycles. The zero-order chi connectivity index (χ0) is 6.57. The van der Waals surface area contributed by atoms with Gasteiger partial charge in [-0.25, -0.2) is 0 Å². The Balaban J connectivity index is 3.25. The highest BCUT2D eigenvalue weighted by Crippen LogP contribution is 1.84. The van der Waals surface area contributed by atoms with Gasteiger partial charge < -0.3 is 4.84 Å². The summed E-state index contributed by atoms with van der Waals surface area (Å²) in [5, 5.41) is 1.38. The Morgan fingerprint density at radius 1 is 1.62 bits per heavy atom. The van der Waals surface area contributed by atoms with Gasteiger partial charge in [-0.3, -0.25) is 4.79 Å². The van der Waals surface area contributed by atoms with E-state index >= 15 is 0 Å². The van der Waals surface area contributed by atoms with E-state index in [0.717, 1.165) is 0 Å². The van der Waals surface area contributed by atoms with Gasteiger partial charge in [-0.15, -0.1) is 5.06 Å². The standard InChI is InChI=1S/C5H11NO2/c1-4-5(7)8-6(2)3/h4H2,1-3H3.